The van der Waals surface area contributed by atoms with Crippen LogP contribution in [0.1, 0.15) is 29.2 Å². The van der Waals surface area contributed by atoms with E-state index in [4.69, 9.17) is 0 Å². The van der Waals surface area contributed by atoms with Gasteiger partial charge in [-0.25, -0.2) is 0 Å². The summed E-state index contributed by atoms with van der Waals surface area (Å²) in [4.78, 5) is 2.26. The van der Waals surface area contributed by atoms with Crippen molar-refractivity contribution in [3.8, 4) is 5.75 Å². The fourth-order valence-corrected chi connectivity index (χ4v) is 3.25. The summed E-state index contributed by atoms with van der Waals surface area (Å²) in [5.74, 6) is 0.326. The molecule has 110 valence electrons. The number of phenols is 1. The zero-order valence-corrected chi connectivity index (χ0v) is 12.1. The molecular weight excluding hydrogens is 262 g/mol. The van der Waals surface area contributed by atoms with Crippen molar-refractivity contribution in [3.05, 3.63) is 65.2 Å². The molecule has 0 bridgehead atoms. The zero-order valence-electron chi connectivity index (χ0n) is 12.1. The van der Waals surface area contributed by atoms with E-state index in [1.54, 1.807) is 6.07 Å². The van der Waals surface area contributed by atoms with Gasteiger partial charge in [-0.15, -0.1) is 0 Å². The van der Waals surface area contributed by atoms with Crippen molar-refractivity contribution in [2.24, 2.45) is 0 Å². The molecule has 1 aliphatic rings. The summed E-state index contributed by atoms with van der Waals surface area (Å²) >= 11 is 0. The molecule has 2 aromatic carbocycles. The molecular formula is C18H21NO2. The fraction of sp³-hybridized carbons (Fsp3) is 0.333. The maximum absolute atomic E-state index is 9.98. The molecule has 3 nitrogen and oxygen atoms in total. The SMILES string of the molecule is OCCN(Cc1ccccc1O)C1CCc2ccccc21. The Morgan fingerprint density at radius 3 is 2.62 bits per heavy atom. The Balaban J connectivity index is 1.84. The van der Waals surface area contributed by atoms with Gasteiger partial charge in [-0.1, -0.05) is 42.5 Å². The molecule has 2 N–H and O–H groups in total. The largest absolute Gasteiger partial charge is 0.508 e. The fourth-order valence-electron chi connectivity index (χ4n) is 3.25. The Morgan fingerprint density at radius 1 is 1.05 bits per heavy atom. The van der Waals surface area contributed by atoms with Gasteiger partial charge in [-0.05, 0) is 30.0 Å². The van der Waals surface area contributed by atoms with Gasteiger partial charge in [0.1, 0.15) is 5.75 Å². The molecule has 1 atom stereocenters. The number of aliphatic hydroxyl groups is 1. The molecule has 0 aliphatic heterocycles. The number of para-hydroxylation sites is 1. The van der Waals surface area contributed by atoms with Crippen LogP contribution in [0.4, 0.5) is 0 Å². The lowest BCUT2D eigenvalue weighted by molar-refractivity contribution is 0.141. The van der Waals surface area contributed by atoms with E-state index < -0.39 is 0 Å². The molecule has 1 aliphatic carbocycles. The van der Waals surface area contributed by atoms with Crippen LogP contribution in [-0.4, -0.2) is 28.3 Å². The van der Waals surface area contributed by atoms with Crippen LogP contribution in [0.5, 0.6) is 5.75 Å². The maximum Gasteiger partial charge on any atom is 0.120 e. The number of aromatic hydroxyl groups is 1. The molecule has 1 unspecified atom stereocenters. The Hall–Kier alpha value is -1.84. The molecule has 2 aromatic rings. The molecule has 3 heteroatoms. The summed E-state index contributed by atoms with van der Waals surface area (Å²) in [6, 6.07) is 16.3. The number of rotatable bonds is 5. The summed E-state index contributed by atoms with van der Waals surface area (Å²) in [6.45, 7) is 1.41. The highest BCUT2D eigenvalue weighted by molar-refractivity contribution is 5.36. The van der Waals surface area contributed by atoms with E-state index in [0.717, 1.165) is 18.4 Å². The number of nitrogens with zero attached hydrogens (tertiary/aromatic N) is 1. The first-order valence-corrected chi connectivity index (χ1v) is 7.49. The van der Waals surface area contributed by atoms with Crippen LogP contribution in [-0.2, 0) is 13.0 Å². The topological polar surface area (TPSA) is 43.7 Å². The number of benzene rings is 2. The van der Waals surface area contributed by atoms with Crippen LogP contribution in [0.2, 0.25) is 0 Å². The highest BCUT2D eigenvalue weighted by Crippen LogP contribution is 2.36. The van der Waals surface area contributed by atoms with Crippen LogP contribution in [0, 0.1) is 0 Å². The van der Waals surface area contributed by atoms with E-state index in [9.17, 15) is 10.2 Å². The maximum atomic E-state index is 9.98. The van der Waals surface area contributed by atoms with Crippen molar-refractivity contribution in [2.75, 3.05) is 13.2 Å². The average Bonchev–Trinajstić information content (AvgIpc) is 2.93. The van der Waals surface area contributed by atoms with Gasteiger partial charge in [0.25, 0.3) is 0 Å². The van der Waals surface area contributed by atoms with Crippen molar-refractivity contribution in [3.63, 3.8) is 0 Å². The monoisotopic (exact) mass is 283 g/mol. The minimum Gasteiger partial charge on any atom is -0.508 e. The van der Waals surface area contributed by atoms with Gasteiger partial charge in [0.15, 0.2) is 0 Å². The van der Waals surface area contributed by atoms with Gasteiger partial charge in [0.2, 0.25) is 0 Å². The van der Waals surface area contributed by atoms with Gasteiger partial charge in [-0.2, -0.15) is 0 Å². The highest BCUT2D eigenvalue weighted by Gasteiger charge is 2.27. The van der Waals surface area contributed by atoms with Gasteiger partial charge in [-0.3, -0.25) is 4.90 Å². The molecule has 0 aromatic heterocycles. The molecule has 0 spiro atoms. The Morgan fingerprint density at radius 2 is 1.81 bits per heavy atom. The van der Waals surface area contributed by atoms with Gasteiger partial charge < -0.3 is 10.2 Å². The van der Waals surface area contributed by atoms with Crippen LogP contribution < -0.4 is 0 Å². The number of aliphatic hydroxyl groups excluding tert-OH is 1. The molecule has 0 saturated heterocycles. The van der Waals surface area contributed by atoms with Crippen molar-refractivity contribution in [1.29, 1.82) is 0 Å². The molecule has 0 saturated carbocycles. The lowest BCUT2D eigenvalue weighted by Gasteiger charge is -2.29. The second kappa shape index (κ2) is 6.29. The Kier molecular flexibility index (Phi) is 4.23. The number of fused-ring (bicyclic) bond motifs is 1. The standard InChI is InChI=1S/C18H21NO2/c20-12-11-19(13-15-6-2-4-8-18(15)21)17-10-9-14-5-1-3-7-16(14)17/h1-8,17,20-21H,9-13H2. The predicted molar refractivity (Wildman–Crippen MR) is 83.1 cm³/mol. The molecule has 0 heterocycles. The van der Waals surface area contributed by atoms with Crippen LogP contribution in [0.25, 0.3) is 0 Å². The number of phenolic OH excluding ortho intramolecular Hbond substituents is 1. The molecule has 0 fully saturated rings. The number of hydrogen-bond acceptors (Lipinski definition) is 3. The van der Waals surface area contributed by atoms with Crippen molar-refractivity contribution in [1.82, 2.24) is 4.90 Å². The summed E-state index contributed by atoms with van der Waals surface area (Å²) in [5, 5.41) is 19.4. The Labute approximate surface area is 125 Å². The minimum absolute atomic E-state index is 0.131. The van der Waals surface area contributed by atoms with E-state index in [-0.39, 0.29) is 6.61 Å². The van der Waals surface area contributed by atoms with Gasteiger partial charge >= 0.3 is 0 Å². The highest BCUT2D eigenvalue weighted by atomic mass is 16.3. The molecule has 0 radical (unpaired) electrons. The second-order valence-corrected chi connectivity index (χ2v) is 5.58. The lowest BCUT2D eigenvalue weighted by Crippen LogP contribution is -2.30. The van der Waals surface area contributed by atoms with Gasteiger partial charge in [0, 0.05) is 24.7 Å². The normalized spacial score (nSPS) is 17.1. The van der Waals surface area contributed by atoms with E-state index in [2.05, 4.69) is 29.2 Å². The van der Waals surface area contributed by atoms with Crippen LogP contribution >= 0.6 is 0 Å². The number of aryl methyl sites for hydroxylation is 1. The molecule has 0 amide bonds. The van der Waals surface area contributed by atoms with Crippen molar-refractivity contribution in [2.45, 2.75) is 25.4 Å². The smallest absolute Gasteiger partial charge is 0.120 e. The quantitative estimate of drug-likeness (QED) is 0.887. The first kappa shape index (κ1) is 14.1. The van der Waals surface area contributed by atoms with Crippen molar-refractivity contribution >= 4 is 0 Å². The average molecular weight is 283 g/mol. The summed E-state index contributed by atoms with van der Waals surface area (Å²) in [5.41, 5.74) is 3.68. The number of hydrogen-bond donors (Lipinski definition) is 2. The van der Waals surface area contributed by atoms with E-state index >= 15 is 0 Å². The second-order valence-electron chi connectivity index (χ2n) is 5.58. The third kappa shape index (κ3) is 2.94. The third-order valence-electron chi connectivity index (χ3n) is 4.29. The van der Waals surface area contributed by atoms with Crippen LogP contribution in [0.15, 0.2) is 48.5 Å². The van der Waals surface area contributed by atoms with Crippen LogP contribution in [0.3, 0.4) is 0 Å². The van der Waals surface area contributed by atoms with E-state index in [1.165, 1.54) is 11.1 Å². The minimum atomic E-state index is 0.131. The van der Waals surface area contributed by atoms with E-state index in [0.29, 0.717) is 24.9 Å². The lowest BCUT2D eigenvalue weighted by atomic mass is 10.1. The summed E-state index contributed by atoms with van der Waals surface area (Å²) in [6.07, 6.45) is 2.16. The summed E-state index contributed by atoms with van der Waals surface area (Å²) < 4.78 is 0. The first-order chi connectivity index (χ1) is 10.3. The first-order valence-electron chi connectivity index (χ1n) is 7.49. The Bertz CT molecular complexity index is 612. The molecule has 3 rings (SSSR count). The van der Waals surface area contributed by atoms with Crippen molar-refractivity contribution < 1.29 is 10.2 Å². The van der Waals surface area contributed by atoms with Gasteiger partial charge in [0.05, 0.1) is 6.61 Å². The predicted octanol–water partition coefficient (Wildman–Crippen LogP) is 2.87. The zero-order chi connectivity index (χ0) is 14.7. The molecule has 21 heavy (non-hydrogen) atoms. The third-order valence-corrected chi connectivity index (χ3v) is 4.29. The summed E-state index contributed by atoms with van der Waals surface area (Å²) in [7, 11) is 0. The van der Waals surface area contributed by atoms with E-state index in [1.807, 2.05) is 18.2 Å².